The third-order valence-electron chi connectivity index (χ3n) is 4.18. The van der Waals surface area contributed by atoms with E-state index in [1.807, 2.05) is 18.2 Å². The summed E-state index contributed by atoms with van der Waals surface area (Å²) in [5.41, 5.74) is 0.615. The fourth-order valence-corrected chi connectivity index (χ4v) is 3.20. The zero-order valence-electron chi connectivity index (χ0n) is 10.3. The molecule has 3 heteroatoms. The monoisotopic (exact) mass is 243 g/mol. The van der Waals surface area contributed by atoms with Crippen LogP contribution in [0.25, 0.3) is 0 Å². The Balaban J connectivity index is 1.81. The van der Waals surface area contributed by atoms with Gasteiger partial charge in [-0.05, 0) is 30.9 Å². The quantitative estimate of drug-likeness (QED) is 0.711. The van der Waals surface area contributed by atoms with E-state index >= 15 is 0 Å². The zero-order valence-corrected chi connectivity index (χ0v) is 10.3. The first-order chi connectivity index (χ1) is 8.77. The fraction of sp³-hybridized carbons (Fsp3) is 0.467. The molecule has 0 spiro atoms. The normalized spacial score (nSPS) is 27.1. The predicted molar refractivity (Wildman–Crippen MR) is 67.9 cm³/mol. The summed E-state index contributed by atoms with van der Waals surface area (Å²) in [6, 6.07) is 9.10. The highest BCUT2D eigenvalue weighted by molar-refractivity contribution is 6.06. The first-order valence-electron chi connectivity index (χ1n) is 6.68. The number of carbonyl (C=O) groups is 2. The lowest BCUT2D eigenvalue weighted by atomic mass is 9.81. The van der Waals surface area contributed by atoms with E-state index in [0.717, 1.165) is 19.3 Å². The van der Waals surface area contributed by atoms with Crippen molar-refractivity contribution >= 4 is 11.8 Å². The van der Waals surface area contributed by atoms with Crippen LogP contribution in [-0.2, 0) is 4.79 Å². The van der Waals surface area contributed by atoms with Crippen LogP contribution >= 0.6 is 0 Å². The van der Waals surface area contributed by atoms with Crippen molar-refractivity contribution in [1.82, 2.24) is 4.90 Å². The van der Waals surface area contributed by atoms with Crippen LogP contribution in [0.4, 0.5) is 0 Å². The Hall–Kier alpha value is -1.64. The molecular formula is C15H17NO2. The van der Waals surface area contributed by atoms with E-state index in [4.69, 9.17) is 0 Å². The maximum Gasteiger partial charge on any atom is 0.260 e. The highest BCUT2D eigenvalue weighted by Gasteiger charge is 2.43. The van der Waals surface area contributed by atoms with Gasteiger partial charge in [0.15, 0.2) is 0 Å². The topological polar surface area (TPSA) is 37.4 Å². The first kappa shape index (κ1) is 11.5. The number of hydrogen-bond acceptors (Lipinski definition) is 2. The van der Waals surface area contributed by atoms with Gasteiger partial charge < -0.3 is 0 Å². The molecule has 1 aliphatic heterocycles. The number of hydrogen-bond donors (Lipinski definition) is 0. The average molecular weight is 243 g/mol. The van der Waals surface area contributed by atoms with Crippen molar-refractivity contribution in [3.63, 3.8) is 0 Å². The van der Waals surface area contributed by atoms with Crippen LogP contribution in [0, 0.1) is 11.8 Å². The van der Waals surface area contributed by atoms with Gasteiger partial charge in [-0.1, -0.05) is 31.0 Å². The number of carbonyl (C=O) groups excluding carboxylic acids is 2. The molecule has 1 aromatic carbocycles. The second kappa shape index (κ2) is 4.56. The molecule has 2 atom stereocenters. The Morgan fingerprint density at radius 3 is 2.56 bits per heavy atom. The predicted octanol–water partition coefficient (Wildman–Crippen LogP) is 2.48. The maximum atomic E-state index is 12.3. The van der Waals surface area contributed by atoms with Gasteiger partial charge in [0.2, 0.25) is 5.91 Å². The number of imide groups is 1. The Kier molecular flexibility index (Phi) is 2.90. The molecule has 0 unspecified atom stereocenters. The molecule has 18 heavy (non-hydrogen) atoms. The Morgan fingerprint density at radius 1 is 1.11 bits per heavy atom. The minimum atomic E-state index is -0.130. The van der Waals surface area contributed by atoms with Crippen molar-refractivity contribution in [2.45, 2.75) is 25.7 Å². The summed E-state index contributed by atoms with van der Waals surface area (Å²) in [5.74, 6) is 0.425. The van der Waals surface area contributed by atoms with E-state index < -0.39 is 0 Å². The van der Waals surface area contributed by atoms with Crippen molar-refractivity contribution in [3.8, 4) is 0 Å². The van der Waals surface area contributed by atoms with Gasteiger partial charge in [0.1, 0.15) is 0 Å². The Bertz CT molecular complexity index is 469. The number of amides is 2. The minimum Gasteiger partial charge on any atom is -0.278 e. The van der Waals surface area contributed by atoms with E-state index in [2.05, 4.69) is 0 Å². The van der Waals surface area contributed by atoms with Crippen molar-refractivity contribution in [2.75, 3.05) is 6.54 Å². The molecule has 2 amide bonds. The highest BCUT2D eigenvalue weighted by Crippen LogP contribution is 2.37. The molecule has 2 fully saturated rings. The molecule has 0 aromatic heterocycles. The molecule has 0 radical (unpaired) electrons. The van der Waals surface area contributed by atoms with Crippen LogP contribution in [0.5, 0.6) is 0 Å². The van der Waals surface area contributed by atoms with Crippen molar-refractivity contribution in [1.29, 1.82) is 0 Å². The SMILES string of the molecule is O=C(c1ccccc1)N1C[C@H]2CCCC[C@H]2C1=O. The largest absolute Gasteiger partial charge is 0.278 e. The summed E-state index contributed by atoms with van der Waals surface area (Å²) in [4.78, 5) is 26.0. The van der Waals surface area contributed by atoms with Gasteiger partial charge in [0, 0.05) is 18.0 Å². The van der Waals surface area contributed by atoms with Crippen LogP contribution in [0.2, 0.25) is 0 Å². The molecule has 1 saturated heterocycles. The van der Waals surface area contributed by atoms with Gasteiger partial charge in [-0.15, -0.1) is 0 Å². The molecule has 3 nitrogen and oxygen atoms in total. The second-order valence-electron chi connectivity index (χ2n) is 5.27. The number of benzene rings is 1. The average Bonchev–Trinajstić information content (AvgIpc) is 2.77. The van der Waals surface area contributed by atoms with E-state index in [0.29, 0.717) is 18.0 Å². The molecule has 0 bridgehead atoms. The third-order valence-corrected chi connectivity index (χ3v) is 4.18. The van der Waals surface area contributed by atoms with Gasteiger partial charge in [-0.3, -0.25) is 14.5 Å². The van der Waals surface area contributed by atoms with Crippen molar-refractivity contribution in [2.24, 2.45) is 11.8 Å². The molecule has 1 aromatic rings. The molecule has 94 valence electrons. The summed E-state index contributed by atoms with van der Waals surface area (Å²) < 4.78 is 0. The highest BCUT2D eigenvalue weighted by atomic mass is 16.2. The summed E-state index contributed by atoms with van der Waals surface area (Å²) in [5, 5.41) is 0. The van der Waals surface area contributed by atoms with Gasteiger partial charge in [-0.25, -0.2) is 0 Å². The van der Waals surface area contributed by atoms with E-state index in [-0.39, 0.29) is 17.7 Å². The van der Waals surface area contributed by atoms with E-state index in [9.17, 15) is 9.59 Å². The number of nitrogens with zero attached hydrogens (tertiary/aromatic N) is 1. The van der Waals surface area contributed by atoms with Crippen LogP contribution in [0.3, 0.4) is 0 Å². The number of likely N-dealkylation sites (tertiary alicyclic amines) is 1. The maximum absolute atomic E-state index is 12.3. The zero-order chi connectivity index (χ0) is 12.5. The molecule has 2 aliphatic rings. The van der Waals surface area contributed by atoms with E-state index in [1.165, 1.54) is 11.3 Å². The fourth-order valence-electron chi connectivity index (χ4n) is 3.20. The Morgan fingerprint density at radius 2 is 1.83 bits per heavy atom. The first-order valence-corrected chi connectivity index (χ1v) is 6.68. The lowest BCUT2D eigenvalue weighted by molar-refractivity contribution is -0.129. The van der Waals surface area contributed by atoms with Gasteiger partial charge in [0.25, 0.3) is 5.91 Å². The number of fused-ring (bicyclic) bond motifs is 1. The van der Waals surface area contributed by atoms with Crippen LogP contribution in [-0.4, -0.2) is 23.3 Å². The van der Waals surface area contributed by atoms with Crippen LogP contribution in [0.1, 0.15) is 36.0 Å². The second-order valence-corrected chi connectivity index (χ2v) is 5.27. The molecule has 3 rings (SSSR count). The van der Waals surface area contributed by atoms with Crippen molar-refractivity contribution < 1.29 is 9.59 Å². The lowest BCUT2D eigenvalue weighted by Gasteiger charge is -2.21. The summed E-state index contributed by atoms with van der Waals surface area (Å²) in [6.45, 7) is 0.622. The van der Waals surface area contributed by atoms with Gasteiger partial charge in [0.05, 0.1) is 0 Å². The summed E-state index contributed by atoms with van der Waals surface area (Å²) in [7, 11) is 0. The molecule has 1 aliphatic carbocycles. The smallest absolute Gasteiger partial charge is 0.260 e. The third kappa shape index (κ3) is 1.84. The van der Waals surface area contributed by atoms with Gasteiger partial charge in [-0.2, -0.15) is 0 Å². The summed E-state index contributed by atoms with van der Waals surface area (Å²) >= 11 is 0. The van der Waals surface area contributed by atoms with Crippen molar-refractivity contribution in [3.05, 3.63) is 35.9 Å². The van der Waals surface area contributed by atoms with Gasteiger partial charge >= 0.3 is 0 Å². The van der Waals surface area contributed by atoms with E-state index in [1.54, 1.807) is 12.1 Å². The number of rotatable bonds is 1. The molecular weight excluding hydrogens is 226 g/mol. The summed E-state index contributed by atoms with van der Waals surface area (Å²) in [6.07, 6.45) is 4.37. The van der Waals surface area contributed by atoms with Crippen LogP contribution in [0.15, 0.2) is 30.3 Å². The molecule has 0 N–H and O–H groups in total. The molecule has 1 saturated carbocycles. The van der Waals surface area contributed by atoms with Crippen LogP contribution < -0.4 is 0 Å². The lowest BCUT2D eigenvalue weighted by Crippen LogP contribution is -2.33. The Labute approximate surface area is 107 Å². The molecule has 1 heterocycles. The standard InChI is InChI=1S/C15H17NO2/c17-14(11-6-2-1-3-7-11)16-10-12-8-4-5-9-13(12)15(16)18/h1-3,6-7,12-13H,4-5,8-10H2/t12-,13-/m1/s1. The minimum absolute atomic E-state index is 0.0496.